The van der Waals surface area contributed by atoms with Crippen LogP contribution in [0.25, 0.3) is 0 Å². The highest BCUT2D eigenvalue weighted by molar-refractivity contribution is 5.88. The summed E-state index contributed by atoms with van der Waals surface area (Å²) in [5, 5.41) is 9.25. The third-order valence-corrected chi connectivity index (χ3v) is 4.36. The summed E-state index contributed by atoms with van der Waals surface area (Å²) in [5.74, 6) is -1.12. The van der Waals surface area contributed by atoms with Crippen molar-refractivity contribution >= 4 is 11.9 Å². The Balaban J connectivity index is 3.01. The van der Waals surface area contributed by atoms with Crippen molar-refractivity contribution in [1.29, 1.82) is 0 Å². The number of likely N-dealkylation sites (tertiary alicyclic amines) is 1. The maximum Gasteiger partial charge on any atom is 0.326 e. The van der Waals surface area contributed by atoms with Gasteiger partial charge < -0.3 is 15.7 Å². The highest BCUT2D eigenvalue weighted by Gasteiger charge is 2.48. The van der Waals surface area contributed by atoms with Crippen molar-refractivity contribution in [3.8, 4) is 0 Å². The first-order valence-electron chi connectivity index (χ1n) is 6.33. The van der Waals surface area contributed by atoms with Crippen LogP contribution >= 0.6 is 0 Å². The van der Waals surface area contributed by atoms with Gasteiger partial charge in [-0.1, -0.05) is 6.92 Å². The highest BCUT2D eigenvalue weighted by Crippen LogP contribution is 2.35. The third kappa shape index (κ3) is 2.36. The number of nitrogens with zero attached hydrogens (tertiary/aromatic N) is 1. The average molecular weight is 256 g/mol. The molecular formula is C13H24N2O3. The van der Waals surface area contributed by atoms with Crippen molar-refractivity contribution in [1.82, 2.24) is 4.90 Å². The van der Waals surface area contributed by atoms with Crippen LogP contribution in [0.15, 0.2) is 0 Å². The molecular weight excluding hydrogens is 232 g/mol. The molecule has 2 atom stereocenters. The second-order valence-electron chi connectivity index (χ2n) is 6.39. The molecule has 1 aliphatic rings. The van der Waals surface area contributed by atoms with Crippen LogP contribution in [0.1, 0.15) is 41.0 Å². The SMILES string of the molecule is CC1CCN(C(=O)C(C)(C)C(C)(C)N)C1C(=O)O. The number of hydrogen-bond donors (Lipinski definition) is 2. The molecule has 5 heteroatoms. The highest BCUT2D eigenvalue weighted by atomic mass is 16.4. The lowest BCUT2D eigenvalue weighted by atomic mass is 9.74. The van der Waals surface area contributed by atoms with Gasteiger partial charge in [-0.25, -0.2) is 4.79 Å². The third-order valence-electron chi connectivity index (χ3n) is 4.36. The first-order chi connectivity index (χ1) is 8.00. The zero-order chi connectivity index (χ0) is 14.3. The van der Waals surface area contributed by atoms with Crippen LogP contribution in [-0.4, -0.2) is 40.0 Å². The zero-order valence-corrected chi connectivity index (χ0v) is 11.9. The number of carbonyl (C=O) groups excluding carboxylic acids is 1. The summed E-state index contributed by atoms with van der Waals surface area (Å²) < 4.78 is 0. The normalized spacial score (nSPS) is 25.3. The number of carboxylic acid groups (broad SMARTS) is 1. The number of rotatable bonds is 3. The van der Waals surface area contributed by atoms with Crippen LogP contribution in [0.4, 0.5) is 0 Å². The van der Waals surface area contributed by atoms with E-state index in [1.165, 1.54) is 4.90 Å². The number of carboxylic acids is 1. The molecule has 0 spiro atoms. The smallest absolute Gasteiger partial charge is 0.326 e. The van der Waals surface area contributed by atoms with Crippen molar-refractivity contribution in [3.63, 3.8) is 0 Å². The van der Waals surface area contributed by atoms with Crippen LogP contribution < -0.4 is 5.73 Å². The topological polar surface area (TPSA) is 83.6 Å². The van der Waals surface area contributed by atoms with Crippen LogP contribution in [-0.2, 0) is 9.59 Å². The molecule has 1 fully saturated rings. The first-order valence-corrected chi connectivity index (χ1v) is 6.33. The van der Waals surface area contributed by atoms with E-state index < -0.39 is 23.0 Å². The lowest BCUT2D eigenvalue weighted by molar-refractivity contribution is -0.155. The van der Waals surface area contributed by atoms with Crippen LogP contribution in [0, 0.1) is 11.3 Å². The molecule has 104 valence electrons. The summed E-state index contributed by atoms with van der Waals surface area (Å²) in [4.78, 5) is 25.3. The zero-order valence-electron chi connectivity index (χ0n) is 11.9. The first kappa shape index (κ1) is 15.0. The van der Waals surface area contributed by atoms with Gasteiger partial charge in [-0.3, -0.25) is 4.79 Å². The molecule has 0 aliphatic carbocycles. The maximum atomic E-state index is 12.6. The number of aliphatic carboxylic acids is 1. The average Bonchev–Trinajstić information content (AvgIpc) is 2.57. The molecule has 0 saturated carbocycles. The minimum Gasteiger partial charge on any atom is -0.480 e. The van der Waals surface area contributed by atoms with Gasteiger partial charge in [0.1, 0.15) is 6.04 Å². The Morgan fingerprint density at radius 1 is 1.28 bits per heavy atom. The largest absolute Gasteiger partial charge is 0.480 e. The maximum absolute atomic E-state index is 12.6. The predicted octanol–water partition coefficient (Wildman–Crippen LogP) is 1.07. The fraction of sp³-hybridized carbons (Fsp3) is 0.846. The van der Waals surface area contributed by atoms with Crippen molar-refractivity contribution in [2.24, 2.45) is 17.1 Å². The van der Waals surface area contributed by atoms with Crippen LogP contribution in [0.3, 0.4) is 0 Å². The molecule has 2 unspecified atom stereocenters. The Kier molecular flexibility index (Phi) is 3.77. The van der Waals surface area contributed by atoms with Crippen LogP contribution in [0.2, 0.25) is 0 Å². The second kappa shape index (κ2) is 4.53. The number of amides is 1. The van der Waals surface area contributed by atoms with E-state index in [0.29, 0.717) is 6.54 Å². The predicted molar refractivity (Wildman–Crippen MR) is 69.0 cm³/mol. The summed E-state index contributed by atoms with van der Waals surface area (Å²) in [5.41, 5.74) is 4.56. The van der Waals surface area contributed by atoms with Gasteiger partial charge in [0, 0.05) is 12.1 Å². The van der Waals surface area contributed by atoms with Crippen LogP contribution in [0.5, 0.6) is 0 Å². The van der Waals surface area contributed by atoms with Gasteiger partial charge in [-0.15, -0.1) is 0 Å². The molecule has 0 aromatic carbocycles. The van der Waals surface area contributed by atoms with Gasteiger partial charge in [0.05, 0.1) is 5.41 Å². The second-order valence-corrected chi connectivity index (χ2v) is 6.39. The summed E-state index contributed by atoms with van der Waals surface area (Å²) in [6, 6.07) is -0.723. The van der Waals surface area contributed by atoms with Gasteiger partial charge in [-0.05, 0) is 40.0 Å². The minimum absolute atomic E-state index is 0.0110. The molecule has 0 bridgehead atoms. The van der Waals surface area contributed by atoms with Gasteiger partial charge in [0.25, 0.3) is 0 Å². The molecule has 1 aliphatic heterocycles. The van der Waals surface area contributed by atoms with E-state index in [-0.39, 0.29) is 11.8 Å². The van der Waals surface area contributed by atoms with E-state index in [4.69, 9.17) is 5.73 Å². The fourth-order valence-electron chi connectivity index (χ4n) is 2.19. The van der Waals surface area contributed by atoms with E-state index in [0.717, 1.165) is 6.42 Å². The van der Waals surface area contributed by atoms with Gasteiger partial charge >= 0.3 is 5.97 Å². The number of nitrogens with two attached hydrogens (primary N) is 1. The summed E-state index contributed by atoms with van der Waals surface area (Å²) >= 11 is 0. The molecule has 0 radical (unpaired) electrons. The fourth-order valence-corrected chi connectivity index (χ4v) is 2.19. The quantitative estimate of drug-likeness (QED) is 0.791. The van der Waals surface area contributed by atoms with Crippen molar-refractivity contribution in [2.45, 2.75) is 52.6 Å². The Bertz CT molecular complexity index is 358. The number of carbonyl (C=O) groups is 2. The lowest BCUT2D eigenvalue weighted by Crippen LogP contribution is -2.58. The van der Waals surface area contributed by atoms with Crippen molar-refractivity contribution in [2.75, 3.05) is 6.54 Å². The van der Waals surface area contributed by atoms with E-state index in [2.05, 4.69) is 0 Å². The Morgan fingerprint density at radius 3 is 2.17 bits per heavy atom. The molecule has 5 nitrogen and oxygen atoms in total. The van der Waals surface area contributed by atoms with Crippen molar-refractivity contribution < 1.29 is 14.7 Å². The standard InChI is InChI=1S/C13H24N2O3/c1-8-6-7-15(9(8)10(16)17)11(18)12(2,3)13(4,5)14/h8-9H,6-7,14H2,1-5H3,(H,16,17). The molecule has 0 aromatic heterocycles. The Labute approximate surface area is 108 Å². The molecule has 0 aromatic rings. The van der Waals surface area contributed by atoms with Gasteiger partial charge in [-0.2, -0.15) is 0 Å². The number of hydrogen-bond acceptors (Lipinski definition) is 3. The van der Waals surface area contributed by atoms with E-state index in [9.17, 15) is 14.7 Å². The minimum atomic E-state index is -0.932. The van der Waals surface area contributed by atoms with E-state index >= 15 is 0 Å². The lowest BCUT2D eigenvalue weighted by Gasteiger charge is -2.40. The van der Waals surface area contributed by atoms with Crippen molar-refractivity contribution in [3.05, 3.63) is 0 Å². The summed E-state index contributed by atoms with van der Waals surface area (Å²) in [7, 11) is 0. The molecule has 1 heterocycles. The molecule has 1 saturated heterocycles. The summed E-state index contributed by atoms with van der Waals surface area (Å²) in [6.07, 6.45) is 0.726. The van der Waals surface area contributed by atoms with Gasteiger partial charge in [0.2, 0.25) is 5.91 Å². The van der Waals surface area contributed by atoms with Gasteiger partial charge in [0.15, 0.2) is 0 Å². The molecule has 1 amide bonds. The Morgan fingerprint density at radius 2 is 1.78 bits per heavy atom. The van der Waals surface area contributed by atoms with E-state index in [1.54, 1.807) is 27.7 Å². The molecule has 1 rings (SSSR count). The molecule has 18 heavy (non-hydrogen) atoms. The monoisotopic (exact) mass is 256 g/mol. The molecule has 3 N–H and O–H groups in total. The summed E-state index contributed by atoms with van der Waals surface area (Å²) in [6.45, 7) is 9.50. The van der Waals surface area contributed by atoms with E-state index in [1.807, 2.05) is 6.92 Å². The Hall–Kier alpha value is -1.10.